The van der Waals surface area contributed by atoms with Gasteiger partial charge in [0.15, 0.2) is 11.5 Å². The first-order chi connectivity index (χ1) is 17.6. The van der Waals surface area contributed by atoms with Crippen molar-refractivity contribution in [3.05, 3.63) is 78.1 Å². The predicted molar refractivity (Wildman–Crippen MR) is 134 cm³/mol. The summed E-state index contributed by atoms with van der Waals surface area (Å²) in [6.07, 6.45) is 3.01. The van der Waals surface area contributed by atoms with Crippen LogP contribution in [0.4, 0.5) is 11.4 Å². The Morgan fingerprint density at radius 3 is 2.58 bits per heavy atom. The van der Waals surface area contributed by atoms with Gasteiger partial charge in [0.1, 0.15) is 22.8 Å². The molecule has 9 heteroatoms. The summed E-state index contributed by atoms with van der Waals surface area (Å²) < 4.78 is 27.1. The number of amides is 2. The number of nitrogens with one attached hydrogen (secondary N) is 2. The Labute approximate surface area is 206 Å². The molecule has 182 valence electrons. The monoisotopic (exact) mass is 486 g/mol. The molecule has 0 spiro atoms. The van der Waals surface area contributed by atoms with Crippen LogP contribution in [-0.2, 0) is 4.79 Å². The first-order valence-corrected chi connectivity index (χ1v) is 11.0. The molecule has 0 fully saturated rings. The molecule has 36 heavy (non-hydrogen) atoms. The molecule has 5 rings (SSSR count). The number of methoxy groups -OCH3 is 2. The van der Waals surface area contributed by atoms with Gasteiger partial charge in [-0.15, -0.1) is 0 Å². The number of rotatable bonds is 7. The Kier molecular flexibility index (Phi) is 6.19. The fraction of sp³-hybridized carbons (Fsp3) is 0.111. The number of para-hydroxylation sites is 1. The van der Waals surface area contributed by atoms with Gasteiger partial charge < -0.3 is 34.0 Å². The maximum absolute atomic E-state index is 13.2. The fourth-order valence-electron chi connectivity index (χ4n) is 3.77. The number of carbonyl (C=O) groups excluding carboxylic acids is 2. The average molecular weight is 486 g/mol. The van der Waals surface area contributed by atoms with E-state index in [0.717, 1.165) is 5.56 Å². The minimum absolute atomic E-state index is 0.0501. The second kappa shape index (κ2) is 9.75. The van der Waals surface area contributed by atoms with Gasteiger partial charge in [0.2, 0.25) is 18.5 Å². The van der Waals surface area contributed by atoms with Crippen LogP contribution in [0.5, 0.6) is 23.0 Å². The summed E-state index contributed by atoms with van der Waals surface area (Å²) >= 11 is 0. The zero-order valence-electron chi connectivity index (χ0n) is 19.5. The molecule has 4 aromatic rings. The van der Waals surface area contributed by atoms with E-state index in [0.29, 0.717) is 39.7 Å². The maximum Gasteiger partial charge on any atom is 0.293 e. The van der Waals surface area contributed by atoms with Crippen molar-refractivity contribution in [1.82, 2.24) is 0 Å². The fourth-order valence-corrected chi connectivity index (χ4v) is 3.77. The molecule has 0 saturated heterocycles. The van der Waals surface area contributed by atoms with Crippen molar-refractivity contribution in [2.75, 3.05) is 31.6 Å². The molecular weight excluding hydrogens is 464 g/mol. The van der Waals surface area contributed by atoms with Crippen LogP contribution >= 0.6 is 0 Å². The molecule has 0 bridgehead atoms. The Bertz CT molecular complexity index is 1490. The summed E-state index contributed by atoms with van der Waals surface area (Å²) in [6.45, 7) is 0.170. The van der Waals surface area contributed by atoms with Crippen molar-refractivity contribution < 1.29 is 33.0 Å². The second-order valence-corrected chi connectivity index (χ2v) is 7.76. The molecule has 0 radical (unpaired) electrons. The van der Waals surface area contributed by atoms with E-state index in [9.17, 15) is 9.59 Å². The molecule has 2 amide bonds. The first-order valence-electron chi connectivity index (χ1n) is 11.0. The summed E-state index contributed by atoms with van der Waals surface area (Å²) in [7, 11) is 3.02. The van der Waals surface area contributed by atoms with Crippen LogP contribution in [0.2, 0.25) is 0 Å². The number of hydrogen-bond acceptors (Lipinski definition) is 7. The highest BCUT2D eigenvalue weighted by atomic mass is 16.7. The molecule has 0 unspecified atom stereocenters. The lowest BCUT2D eigenvalue weighted by Gasteiger charge is -2.11. The largest absolute Gasteiger partial charge is 0.497 e. The summed E-state index contributed by atoms with van der Waals surface area (Å²) in [5, 5.41) is 6.15. The lowest BCUT2D eigenvalue weighted by Crippen LogP contribution is -2.16. The van der Waals surface area contributed by atoms with Gasteiger partial charge in [-0.25, -0.2) is 0 Å². The van der Waals surface area contributed by atoms with Crippen molar-refractivity contribution >= 4 is 40.2 Å². The maximum atomic E-state index is 13.2. The van der Waals surface area contributed by atoms with Crippen LogP contribution in [0.25, 0.3) is 17.0 Å². The summed E-state index contributed by atoms with van der Waals surface area (Å²) in [6, 6.07) is 17.4. The van der Waals surface area contributed by atoms with Gasteiger partial charge >= 0.3 is 0 Å². The van der Waals surface area contributed by atoms with E-state index < -0.39 is 11.8 Å². The van der Waals surface area contributed by atoms with Gasteiger partial charge in [0.05, 0.1) is 19.9 Å². The zero-order chi connectivity index (χ0) is 25.1. The van der Waals surface area contributed by atoms with Crippen molar-refractivity contribution in [2.24, 2.45) is 0 Å². The molecule has 1 aliphatic heterocycles. The topological polar surface area (TPSA) is 108 Å². The van der Waals surface area contributed by atoms with E-state index in [4.69, 9.17) is 23.4 Å². The van der Waals surface area contributed by atoms with E-state index in [1.54, 1.807) is 60.7 Å². The average Bonchev–Trinajstić information content (AvgIpc) is 3.52. The Morgan fingerprint density at radius 2 is 1.75 bits per heavy atom. The number of benzene rings is 3. The molecule has 2 N–H and O–H groups in total. The Balaban J connectivity index is 1.41. The van der Waals surface area contributed by atoms with Crippen molar-refractivity contribution in [2.45, 2.75) is 0 Å². The molecular formula is C27H22N2O7. The van der Waals surface area contributed by atoms with Gasteiger partial charge in [-0.05, 0) is 48.0 Å². The van der Waals surface area contributed by atoms with E-state index in [2.05, 4.69) is 10.6 Å². The predicted octanol–water partition coefficient (Wildman–Crippen LogP) is 5.08. The van der Waals surface area contributed by atoms with Gasteiger partial charge in [-0.1, -0.05) is 18.2 Å². The third-order valence-electron chi connectivity index (χ3n) is 5.53. The molecule has 0 aliphatic carbocycles. The summed E-state index contributed by atoms with van der Waals surface area (Å²) in [5.74, 6) is 1.21. The van der Waals surface area contributed by atoms with E-state index in [1.165, 1.54) is 20.3 Å². The van der Waals surface area contributed by atoms with Crippen molar-refractivity contribution in [3.8, 4) is 23.0 Å². The number of anilines is 2. The highest BCUT2D eigenvalue weighted by molar-refractivity contribution is 6.16. The van der Waals surface area contributed by atoms with E-state index in [1.807, 2.05) is 6.07 Å². The second-order valence-electron chi connectivity index (χ2n) is 7.76. The van der Waals surface area contributed by atoms with Crippen LogP contribution in [0.15, 0.2) is 71.2 Å². The van der Waals surface area contributed by atoms with Crippen molar-refractivity contribution in [3.63, 3.8) is 0 Å². The Hall–Kier alpha value is -4.92. The first kappa shape index (κ1) is 22.9. The summed E-state index contributed by atoms with van der Waals surface area (Å²) in [5.41, 5.74) is 1.86. The number of ether oxygens (including phenoxy) is 4. The molecule has 2 heterocycles. The molecule has 0 atom stereocenters. The number of fused-ring (bicyclic) bond motifs is 2. The molecule has 1 aliphatic rings. The van der Waals surface area contributed by atoms with Crippen LogP contribution in [0.3, 0.4) is 0 Å². The normalized spacial score (nSPS) is 12.1. The van der Waals surface area contributed by atoms with Crippen LogP contribution in [0, 0.1) is 0 Å². The Morgan fingerprint density at radius 1 is 0.917 bits per heavy atom. The zero-order valence-corrected chi connectivity index (χ0v) is 19.5. The lowest BCUT2D eigenvalue weighted by atomic mass is 10.2. The minimum Gasteiger partial charge on any atom is -0.497 e. The third-order valence-corrected chi connectivity index (χ3v) is 5.53. The molecule has 9 nitrogen and oxygen atoms in total. The van der Waals surface area contributed by atoms with Crippen LogP contribution in [0.1, 0.15) is 16.1 Å². The van der Waals surface area contributed by atoms with Crippen LogP contribution < -0.4 is 29.6 Å². The van der Waals surface area contributed by atoms with E-state index >= 15 is 0 Å². The van der Waals surface area contributed by atoms with Gasteiger partial charge in [-0.2, -0.15) is 0 Å². The summed E-state index contributed by atoms with van der Waals surface area (Å²) in [4.78, 5) is 26.1. The number of hydrogen-bond donors (Lipinski definition) is 2. The third kappa shape index (κ3) is 4.54. The highest BCUT2D eigenvalue weighted by Gasteiger charge is 2.23. The molecule has 1 aromatic heterocycles. The lowest BCUT2D eigenvalue weighted by molar-refractivity contribution is -0.111. The van der Waals surface area contributed by atoms with Gasteiger partial charge in [-0.3, -0.25) is 9.59 Å². The smallest absolute Gasteiger partial charge is 0.293 e. The van der Waals surface area contributed by atoms with Gasteiger partial charge in [0, 0.05) is 17.5 Å². The molecule has 3 aromatic carbocycles. The number of furan rings is 1. The van der Waals surface area contributed by atoms with Crippen molar-refractivity contribution in [1.29, 1.82) is 0 Å². The minimum atomic E-state index is -0.562. The van der Waals surface area contributed by atoms with Crippen LogP contribution in [-0.4, -0.2) is 32.8 Å². The number of carbonyl (C=O) groups is 2. The van der Waals surface area contributed by atoms with Gasteiger partial charge in [0.25, 0.3) is 5.91 Å². The van der Waals surface area contributed by atoms with E-state index in [-0.39, 0.29) is 18.2 Å². The SMILES string of the molecule is COc1ccc(OC)c(NC(=O)c2oc3ccccc3c2NC(=O)C=Cc2ccc3c(c2)OCO3)c1. The quantitative estimate of drug-likeness (QED) is 0.351. The highest BCUT2D eigenvalue weighted by Crippen LogP contribution is 2.35. The molecule has 0 saturated carbocycles. The standard InChI is InChI=1S/C27H22N2O7/c1-32-17-9-11-21(33-2)19(14-17)28-27(31)26-25(18-5-3-4-6-20(18)36-26)29-24(30)12-8-16-7-10-22-23(13-16)35-15-34-22/h3-14H,15H2,1-2H3,(H,28,31)(H,29,30).